The van der Waals surface area contributed by atoms with Crippen molar-refractivity contribution in [1.29, 1.82) is 0 Å². The van der Waals surface area contributed by atoms with Crippen molar-refractivity contribution in [2.45, 2.75) is 97.1 Å². The first kappa shape index (κ1) is 73.7. The number of nitrogens with zero attached hydrogens (tertiary/aromatic N) is 10. The molecule has 0 aromatic heterocycles. The van der Waals surface area contributed by atoms with Gasteiger partial charge in [-0.1, -0.05) is 63.1 Å². The van der Waals surface area contributed by atoms with Gasteiger partial charge in [-0.05, 0) is 19.8 Å². The van der Waals surface area contributed by atoms with Crippen LogP contribution in [0.2, 0.25) is 0 Å². The molecule has 0 spiro atoms. The molecule has 0 rings (SSSR count). The molecule has 2 N–H and O–H groups in total. The molecule has 0 aromatic carbocycles. The molecule has 26 nitrogen and oxygen atoms in total. The molecule has 0 aliphatic carbocycles. The molecule has 0 saturated heterocycles. The fraction of sp³-hybridized carbons (Fsp3) is 0.731. The van der Waals surface area contributed by atoms with Gasteiger partial charge in [0.25, 0.3) is 0 Å². The van der Waals surface area contributed by atoms with Gasteiger partial charge in [0, 0.05) is 119 Å². The van der Waals surface area contributed by atoms with Gasteiger partial charge in [-0.15, -0.1) is 0 Å². The SMILES string of the molecule is CC(CCC(=O)CCCC(=O)N(C)CC(=O)N(C)CC(=O)N(C)CC(=O)N(C)CC(=O)N(C)CC(=O)N(C)CC(=O)N(C)CC(=O)N(C)CC(=O)N(C)CC(=O)N(C)CC(=O)N[C@@H](C)C(=O)C(C)C)SSC(C)CNC(=O)C(C)C. The van der Waals surface area contributed by atoms with E-state index in [0.717, 1.165) is 44.1 Å². The van der Waals surface area contributed by atoms with Gasteiger partial charge in [-0.3, -0.25) is 67.1 Å². The van der Waals surface area contributed by atoms with Gasteiger partial charge in [0.2, 0.25) is 70.9 Å². The first-order valence-corrected chi connectivity index (χ1v) is 28.6. The molecule has 80 heavy (non-hydrogen) atoms. The van der Waals surface area contributed by atoms with Crippen molar-refractivity contribution >= 4 is 104 Å². The standard InChI is InChI=1S/C52H90N12O14S2/c1-34(2)51(77)38(7)54-40(66)24-55(8)42(68)26-57(10)44(70)28-59(12)46(72)30-61(14)48(74)32-63(16)50(76)33-64(17)49(75)31-62(15)47(73)29-60(13)45(71)27-58(11)43(69)25-56(9)41(67)20-18-19-39(65)22-21-36(5)79-80-37(6)23-53-52(78)35(3)4/h34-38H,18-33H2,1-17H3,(H,53,78)(H,54,66)/t36?,37?,38-/m0/s1. The molecule has 0 bridgehead atoms. The summed E-state index contributed by atoms with van der Waals surface area (Å²) in [7, 11) is 16.8. The molecule has 454 valence electrons. The quantitative estimate of drug-likeness (QED) is 0.0693. The zero-order valence-corrected chi connectivity index (χ0v) is 51.8. The number of carbonyl (C=O) groups excluding carboxylic acids is 14. The average Bonchev–Trinajstić information content (AvgIpc) is 3.37. The molecule has 3 atom stereocenters. The van der Waals surface area contributed by atoms with Gasteiger partial charge >= 0.3 is 0 Å². The highest BCUT2D eigenvalue weighted by Gasteiger charge is 2.27. The van der Waals surface area contributed by atoms with Gasteiger partial charge in [0.1, 0.15) is 5.78 Å². The predicted octanol–water partition coefficient (Wildman–Crippen LogP) is -1.25. The Kier molecular flexibility index (Phi) is 33.9. The van der Waals surface area contributed by atoms with E-state index in [1.807, 2.05) is 27.7 Å². The van der Waals surface area contributed by atoms with E-state index < -0.39 is 117 Å². The summed E-state index contributed by atoms with van der Waals surface area (Å²) in [4.78, 5) is 189. The second-order valence-electron chi connectivity index (χ2n) is 21.0. The Labute approximate surface area is 480 Å². The third-order valence-corrected chi connectivity index (χ3v) is 16.0. The van der Waals surface area contributed by atoms with Crippen molar-refractivity contribution in [2.75, 3.05) is 142 Å². The molecule has 0 saturated carbocycles. The largest absolute Gasteiger partial charge is 0.355 e. The summed E-state index contributed by atoms with van der Waals surface area (Å²) in [5.74, 6) is -6.85. The highest BCUT2D eigenvalue weighted by Crippen LogP contribution is 2.33. The van der Waals surface area contributed by atoms with Crippen LogP contribution in [-0.4, -0.2) is 290 Å². The van der Waals surface area contributed by atoms with E-state index in [2.05, 4.69) is 10.6 Å². The minimum absolute atomic E-state index is 0.0107. The maximum absolute atomic E-state index is 13.0. The number of ketones is 2. The maximum atomic E-state index is 13.0. The third-order valence-electron chi connectivity index (χ3n) is 12.5. The lowest BCUT2D eigenvalue weighted by molar-refractivity contribution is -0.146. The van der Waals surface area contributed by atoms with Gasteiger partial charge in [0.15, 0.2) is 5.78 Å². The first-order chi connectivity index (χ1) is 37.0. The summed E-state index contributed by atoms with van der Waals surface area (Å²) >= 11 is 0. The van der Waals surface area contributed by atoms with Crippen LogP contribution in [0.5, 0.6) is 0 Å². The molecule has 2 unspecified atom stereocenters. The van der Waals surface area contributed by atoms with Gasteiger partial charge in [-0.2, -0.15) is 0 Å². The summed E-state index contributed by atoms with van der Waals surface area (Å²) < 4.78 is 0. The molecule has 0 fully saturated rings. The molecule has 0 aliphatic heterocycles. The Morgan fingerprint density at radius 3 is 0.938 bits per heavy atom. The number of Topliss-reactive ketones (excluding diaryl/α,β-unsaturated/α-hetero) is 2. The van der Waals surface area contributed by atoms with Gasteiger partial charge < -0.3 is 59.6 Å². The van der Waals surface area contributed by atoms with E-state index in [4.69, 9.17) is 0 Å². The number of amides is 12. The number of rotatable bonds is 36. The van der Waals surface area contributed by atoms with Crippen LogP contribution in [0.3, 0.4) is 0 Å². The van der Waals surface area contributed by atoms with E-state index in [1.165, 1.54) is 75.4 Å². The lowest BCUT2D eigenvalue weighted by Crippen LogP contribution is -2.49. The van der Waals surface area contributed by atoms with Crippen molar-refractivity contribution in [2.24, 2.45) is 11.8 Å². The van der Waals surface area contributed by atoms with Crippen molar-refractivity contribution < 1.29 is 67.1 Å². The van der Waals surface area contributed by atoms with E-state index in [9.17, 15) is 67.1 Å². The summed E-state index contributed by atoms with van der Waals surface area (Å²) in [6.07, 6.45) is 1.66. The Balaban J connectivity index is 4.80. The second-order valence-corrected chi connectivity index (χ2v) is 24.1. The van der Waals surface area contributed by atoms with Crippen LogP contribution < -0.4 is 10.6 Å². The van der Waals surface area contributed by atoms with E-state index >= 15 is 0 Å². The molecular weight excluding hydrogens is 1080 g/mol. The van der Waals surface area contributed by atoms with Crippen LogP contribution in [0.25, 0.3) is 0 Å². The van der Waals surface area contributed by atoms with Crippen molar-refractivity contribution in [3.8, 4) is 0 Å². The zero-order valence-electron chi connectivity index (χ0n) is 50.2. The minimum atomic E-state index is -0.739. The smallest absolute Gasteiger partial charge is 0.242 e. The van der Waals surface area contributed by atoms with E-state index in [1.54, 1.807) is 42.4 Å². The zero-order chi connectivity index (χ0) is 61.9. The molecule has 28 heteroatoms. The highest BCUT2D eigenvalue weighted by molar-refractivity contribution is 8.77. The molecule has 0 aliphatic rings. The Hall–Kier alpha value is -6.32. The molecule has 12 amide bonds. The number of likely N-dealkylation sites (N-methyl/N-ethyl adjacent to an activating group) is 10. The monoisotopic (exact) mass is 1170 g/mol. The molecule has 0 aromatic rings. The van der Waals surface area contributed by atoms with Gasteiger partial charge in [-0.25, -0.2) is 0 Å². The van der Waals surface area contributed by atoms with Crippen LogP contribution in [0.1, 0.15) is 80.6 Å². The van der Waals surface area contributed by atoms with Gasteiger partial charge in [0.05, 0.1) is 71.5 Å². The Bertz CT molecular complexity index is 2200. The number of hydrogen-bond acceptors (Lipinski definition) is 16. The highest BCUT2D eigenvalue weighted by atomic mass is 33.1. The number of hydrogen-bond donors (Lipinski definition) is 2. The Morgan fingerprint density at radius 2 is 0.637 bits per heavy atom. The molecular formula is C52H90N12O14S2. The summed E-state index contributed by atoms with van der Waals surface area (Å²) in [6, 6.07) is -0.739. The predicted molar refractivity (Wildman–Crippen MR) is 304 cm³/mol. The first-order valence-electron chi connectivity index (χ1n) is 26.3. The summed E-state index contributed by atoms with van der Waals surface area (Å²) in [6.45, 7) is 9.01. The topological polar surface area (TPSA) is 295 Å². The fourth-order valence-electron chi connectivity index (χ4n) is 6.70. The lowest BCUT2D eigenvalue weighted by atomic mass is 10.0. The van der Waals surface area contributed by atoms with Crippen molar-refractivity contribution in [3.63, 3.8) is 0 Å². The molecule has 0 heterocycles. The van der Waals surface area contributed by atoms with Crippen LogP contribution >= 0.6 is 21.6 Å². The summed E-state index contributed by atoms with van der Waals surface area (Å²) in [5.41, 5.74) is 0. The van der Waals surface area contributed by atoms with E-state index in [-0.39, 0.29) is 71.6 Å². The second kappa shape index (κ2) is 36.8. The maximum Gasteiger partial charge on any atom is 0.242 e. The van der Waals surface area contributed by atoms with Crippen LogP contribution in [0.4, 0.5) is 0 Å². The van der Waals surface area contributed by atoms with Crippen LogP contribution in [0.15, 0.2) is 0 Å². The number of carbonyl (C=O) groups is 14. The molecule has 0 radical (unpaired) electrons. The normalized spacial score (nSPS) is 12.0. The average molecular weight is 1170 g/mol. The third kappa shape index (κ3) is 29.2. The minimum Gasteiger partial charge on any atom is -0.355 e. The van der Waals surface area contributed by atoms with Crippen LogP contribution in [0, 0.1) is 11.8 Å². The lowest BCUT2D eigenvalue weighted by Gasteiger charge is -2.27. The van der Waals surface area contributed by atoms with Crippen molar-refractivity contribution in [3.05, 3.63) is 0 Å². The summed E-state index contributed by atoms with van der Waals surface area (Å²) in [5, 5.41) is 5.88. The van der Waals surface area contributed by atoms with Crippen LogP contribution in [-0.2, 0) is 67.1 Å². The number of nitrogens with one attached hydrogen (secondary N) is 2. The van der Waals surface area contributed by atoms with E-state index in [0.29, 0.717) is 25.8 Å². The fourth-order valence-corrected chi connectivity index (χ4v) is 9.08. The van der Waals surface area contributed by atoms with Crippen molar-refractivity contribution in [1.82, 2.24) is 59.6 Å². The Morgan fingerprint density at radius 1 is 0.350 bits per heavy atom.